The molecule has 2 aliphatic heterocycles. The van der Waals surface area contributed by atoms with E-state index >= 15 is 0 Å². The number of nitrogens with one attached hydrogen (secondary N) is 2. The van der Waals surface area contributed by atoms with Gasteiger partial charge >= 0.3 is 5.92 Å². The maximum atomic E-state index is 14.4. The van der Waals surface area contributed by atoms with E-state index in [1.165, 1.54) is 35.2 Å². The molecule has 0 aliphatic carbocycles. The highest BCUT2D eigenvalue weighted by Gasteiger charge is 2.43. The standard InChI is InChI=1S/C22H17BClF2N3O4/c23-18-15-9-11(10-27-21(33)22(25,26)12-2-4-13(24)5-3-12)1-6-14(15)20(32)29(18)16-7-8-17(30)28-19(16)31/h1-6,9,16,18H,7-8,10H2,(H,27,33)(H,28,30,31). The fourth-order valence-corrected chi connectivity index (χ4v) is 4.07. The first kappa shape index (κ1) is 22.9. The van der Waals surface area contributed by atoms with Crippen molar-refractivity contribution in [3.8, 4) is 0 Å². The third-order valence-electron chi connectivity index (χ3n) is 5.69. The third kappa shape index (κ3) is 4.22. The summed E-state index contributed by atoms with van der Waals surface area (Å²) in [6.07, 6.45) is 0.239. The van der Waals surface area contributed by atoms with Gasteiger partial charge in [-0.1, -0.05) is 35.9 Å². The van der Waals surface area contributed by atoms with Gasteiger partial charge in [0.2, 0.25) is 11.8 Å². The van der Waals surface area contributed by atoms with Crippen molar-refractivity contribution in [3.63, 3.8) is 0 Å². The normalized spacial score (nSPS) is 20.5. The van der Waals surface area contributed by atoms with Crippen LogP contribution in [0.15, 0.2) is 42.5 Å². The fraction of sp³-hybridized carbons (Fsp3) is 0.273. The van der Waals surface area contributed by atoms with Gasteiger partial charge in [-0.25, -0.2) is 0 Å². The lowest BCUT2D eigenvalue weighted by atomic mass is 9.86. The summed E-state index contributed by atoms with van der Waals surface area (Å²) in [6.45, 7) is -0.228. The van der Waals surface area contributed by atoms with Crippen molar-refractivity contribution in [1.29, 1.82) is 0 Å². The minimum Gasteiger partial charge on any atom is -0.346 e. The molecule has 1 saturated heterocycles. The van der Waals surface area contributed by atoms with E-state index in [0.29, 0.717) is 11.1 Å². The average Bonchev–Trinajstić information content (AvgIpc) is 3.02. The van der Waals surface area contributed by atoms with E-state index in [2.05, 4.69) is 10.6 Å². The van der Waals surface area contributed by atoms with Crippen molar-refractivity contribution in [1.82, 2.24) is 15.5 Å². The number of hydrogen-bond donors (Lipinski definition) is 2. The quantitative estimate of drug-likeness (QED) is 0.516. The Balaban J connectivity index is 1.47. The first-order valence-corrected chi connectivity index (χ1v) is 10.4. The molecule has 2 unspecified atom stereocenters. The van der Waals surface area contributed by atoms with Crippen molar-refractivity contribution in [2.45, 2.75) is 37.3 Å². The largest absolute Gasteiger partial charge is 0.349 e. The number of carbonyl (C=O) groups excluding carboxylic acids is 4. The highest BCUT2D eigenvalue weighted by Crippen LogP contribution is 2.35. The van der Waals surface area contributed by atoms with Gasteiger partial charge in [-0.15, -0.1) is 0 Å². The molecule has 0 saturated carbocycles. The maximum absolute atomic E-state index is 14.4. The lowest BCUT2D eigenvalue weighted by molar-refractivity contribution is -0.147. The zero-order valence-corrected chi connectivity index (χ0v) is 17.9. The topological polar surface area (TPSA) is 95.6 Å². The second kappa shape index (κ2) is 8.59. The molecule has 11 heteroatoms. The monoisotopic (exact) mass is 471 g/mol. The molecular formula is C22H17BClF2N3O4. The van der Waals surface area contributed by atoms with Gasteiger partial charge in [-0.2, -0.15) is 8.78 Å². The smallest absolute Gasteiger partial charge is 0.346 e. The number of carbonyl (C=O) groups is 4. The maximum Gasteiger partial charge on any atom is 0.349 e. The van der Waals surface area contributed by atoms with Crippen molar-refractivity contribution in [2.75, 3.05) is 0 Å². The molecule has 7 nitrogen and oxygen atoms in total. The van der Waals surface area contributed by atoms with Crippen LogP contribution >= 0.6 is 11.6 Å². The van der Waals surface area contributed by atoms with Crippen molar-refractivity contribution in [3.05, 3.63) is 69.7 Å². The molecule has 2 aromatic carbocycles. The van der Waals surface area contributed by atoms with E-state index in [1.54, 1.807) is 0 Å². The molecular weight excluding hydrogens is 455 g/mol. The van der Waals surface area contributed by atoms with Crippen LogP contribution in [0, 0.1) is 0 Å². The van der Waals surface area contributed by atoms with Crippen LogP contribution in [0.5, 0.6) is 0 Å². The van der Waals surface area contributed by atoms with Gasteiger partial charge < -0.3 is 10.2 Å². The average molecular weight is 472 g/mol. The number of benzene rings is 2. The highest BCUT2D eigenvalue weighted by atomic mass is 35.5. The van der Waals surface area contributed by atoms with Crippen LogP contribution in [-0.2, 0) is 26.9 Å². The van der Waals surface area contributed by atoms with E-state index < -0.39 is 47.1 Å². The van der Waals surface area contributed by atoms with Gasteiger partial charge in [-0.05, 0) is 35.7 Å². The minimum absolute atomic E-state index is 0.0857. The van der Waals surface area contributed by atoms with E-state index in [4.69, 9.17) is 19.4 Å². The number of piperidine rings is 1. The number of amides is 4. The predicted molar refractivity (Wildman–Crippen MR) is 114 cm³/mol. The predicted octanol–water partition coefficient (Wildman–Crippen LogP) is 2.18. The highest BCUT2D eigenvalue weighted by molar-refractivity contribution is 6.30. The van der Waals surface area contributed by atoms with Crippen molar-refractivity contribution in [2.24, 2.45) is 0 Å². The molecule has 2 atom stereocenters. The van der Waals surface area contributed by atoms with Gasteiger partial charge in [0.1, 0.15) is 13.9 Å². The summed E-state index contributed by atoms with van der Waals surface area (Å²) in [4.78, 5) is 49.8. The van der Waals surface area contributed by atoms with Crippen molar-refractivity contribution >= 4 is 43.1 Å². The molecule has 4 rings (SSSR count). The lowest BCUT2D eigenvalue weighted by Crippen LogP contribution is -2.53. The summed E-state index contributed by atoms with van der Waals surface area (Å²) in [6, 6.07) is 8.32. The van der Waals surface area contributed by atoms with Crippen LogP contribution in [0.25, 0.3) is 0 Å². The van der Waals surface area contributed by atoms with Crippen molar-refractivity contribution < 1.29 is 28.0 Å². The van der Waals surface area contributed by atoms with Gasteiger partial charge in [0.05, 0.1) is 0 Å². The Hall–Kier alpha value is -3.27. The molecule has 2 aliphatic rings. The molecule has 0 spiro atoms. The number of imide groups is 1. The summed E-state index contributed by atoms with van der Waals surface area (Å²) < 4.78 is 28.9. The van der Waals surface area contributed by atoms with Crippen LogP contribution < -0.4 is 10.6 Å². The molecule has 4 amide bonds. The number of alkyl halides is 2. The molecule has 2 radical (unpaired) electrons. The molecule has 0 bridgehead atoms. The van der Waals surface area contributed by atoms with Crippen LogP contribution in [0.4, 0.5) is 8.78 Å². The summed E-state index contributed by atoms with van der Waals surface area (Å²) in [5.74, 6) is -7.69. The SMILES string of the molecule is [B]C1c2cc(CNC(=O)C(F)(F)c3ccc(Cl)cc3)ccc2C(=O)N1C1CCC(=O)NC1=O. The second-order valence-electron chi connectivity index (χ2n) is 7.81. The summed E-state index contributed by atoms with van der Waals surface area (Å²) >= 11 is 5.71. The summed E-state index contributed by atoms with van der Waals surface area (Å²) in [5, 5.41) is 4.66. The molecule has 1 fully saturated rings. The lowest BCUT2D eigenvalue weighted by Gasteiger charge is -2.33. The Labute approximate surface area is 193 Å². The van der Waals surface area contributed by atoms with Gasteiger partial charge in [0.15, 0.2) is 0 Å². The number of halogens is 3. The summed E-state index contributed by atoms with van der Waals surface area (Å²) in [5.41, 5.74) is 0.628. The van der Waals surface area contributed by atoms with Gasteiger partial charge in [-0.3, -0.25) is 24.5 Å². The number of nitrogens with zero attached hydrogens (tertiary/aromatic N) is 1. The van der Waals surface area contributed by atoms with Gasteiger partial charge in [0, 0.05) is 35.1 Å². The van der Waals surface area contributed by atoms with Crippen LogP contribution in [0.1, 0.15) is 45.8 Å². The molecule has 168 valence electrons. The van der Waals surface area contributed by atoms with Crippen LogP contribution in [-0.4, -0.2) is 42.4 Å². The minimum atomic E-state index is -3.77. The van der Waals surface area contributed by atoms with E-state index in [0.717, 1.165) is 12.1 Å². The van der Waals surface area contributed by atoms with E-state index in [1.807, 2.05) is 0 Å². The molecule has 2 N–H and O–H groups in total. The Kier molecular flexibility index (Phi) is 5.96. The Morgan fingerprint density at radius 3 is 2.55 bits per heavy atom. The Morgan fingerprint density at radius 1 is 1.18 bits per heavy atom. The summed E-state index contributed by atoms with van der Waals surface area (Å²) in [7, 11) is 6.21. The van der Waals surface area contributed by atoms with E-state index in [-0.39, 0.29) is 30.0 Å². The Bertz CT molecular complexity index is 1160. The molecule has 2 aromatic rings. The van der Waals surface area contributed by atoms with Gasteiger partial charge in [0.25, 0.3) is 11.8 Å². The molecule has 0 aromatic heterocycles. The number of rotatable bonds is 5. The zero-order valence-electron chi connectivity index (χ0n) is 17.1. The second-order valence-corrected chi connectivity index (χ2v) is 8.25. The molecule has 2 heterocycles. The number of fused-ring (bicyclic) bond motifs is 1. The van der Waals surface area contributed by atoms with Crippen LogP contribution in [0.2, 0.25) is 5.02 Å². The van der Waals surface area contributed by atoms with Crippen LogP contribution in [0.3, 0.4) is 0 Å². The first-order chi connectivity index (χ1) is 15.6. The zero-order chi connectivity index (χ0) is 23.9. The Morgan fingerprint density at radius 2 is 1.88 bits per heavy atom. The fourth-order valence-electron chi connectivity index (χ4n) is 3.94. The third-order valence-corrected chi connectivity index (χ3v) is 5.94. The first-order valence-electron chi connectivity index (χ1n) is 10.1. The number of hydrogen-bond acceptors (Lipinski definition) is 4. The van der Waals surface area contributed by atoms with E-state index in [9.17, 15) is 28.0 Å². The molecule has 33 heavy (non-hydrogen) atoms.